The van der Waals surface area contributed by atoms with Gasteiger partial charge in [0.25, 0.3) is 0 Å². The van der Waals surface area contributed by atoms with Crippen LogP contribution in [0.4, 0.5) is 0 Å². The second kappa shape index (κ2) is 5.75. The summed E-state index contributed by atoms with van der Waals surface area (Å²) in [6.07, 6.45) is 5.31. The van der Waals surface area contributed by atoms with Crippen LogP contribution in [0.5, 0.6) is 0 Å². The van der Waals surface area contributed by atoms with Crippen molar-refractivity contribution in [1.82, 2.24) is 5.32 Å². The summed E-state index contributed by atoms with van der Waals surface area (Å²) in [5, 5.41) is 6.42. The largest absolute Gasteiger partial charge is 0.314 e. The van der Waals surface area contributed by atoms with Gasteiger partial charge < -0.3 is 5.32 Å². The molecule has 1 N–H and O–H groups in total. The molecule has 100 valence electrons. The van der Waals surface area contributed by atoms with Crippen LogP contribution in [-0.2, 0) is 6.42 Å². The van der Waals surface area contributed by atoms with E-state index >= 15 is 0 Å². The van der Waals surface area contributed by atoms with Gasteiger partial charge in [-0.25, -0.2) is 0 Å². The predicted octanol–water partition coefficient (Wildman–Crippen LogP) is 4.16. The van der Waals surface area contributed by atoms with Crippen LogP contribution in [0.3, 0.4) is 0 Å². The number of nitrogens with one attached hydrogen (secondary N) is 1. The Balaban J connectivity index is 1.75. The van der Waals surface area contributed by atoms with Crippen LogP contribution in [0.2, 0.25) is 0 Å². The fraction of sp³-hybridized carbons (Fsp3) is 0.444. The molecule has 0 spiro atoms. The van der Waals surface area contributed by atoms with Gasteiger partial charge in [-0.1, -0.05) is 49.4 Å². The standard InChI is InChI=1S/C18H23N/c1-2-19-17-11-10-14(13-17)12-16-8-5-7-15-6-3-4-9-18(15)16/h3-9,14,17,19H,2,10-13H2,1H3. The van der Waals surface area contributed by atoms with E-state index < -0.39 is 0 Å². The molecule has 1 saturated carbocycles. The van der Waals surface area contributed by atoms with Crippen molar-refractivity contribution in [2.45, 2.75) is 38.6 Å². The molecule has 0 amide bonds. The molecule has 3 rings (SSSR count). The first-order chi connectivity index (χ1) is 9.36. The Bertz CT molecular complexity index is 541. The number of rotatable bonds is 4. The summed E-state index contributed by atoms with van der Waals surface area (Å²) in [4.78, 5) is 0. The summed E-state index contributed by atoms with van der Waals surface area (Å²) in [6, 6.07) is 16.2. The maximum Gasteiger partial charge on any atom is 0.00698 e. The second-order valence-corrected chi connectivity index (χ2v) is 5.78. The van der Waals surface area contributed by atoms with E-state index in [4.69, 9.17) is 0 Å². The predicted molar refractivity (Wildman–Crippen MR) is 82.5 cm³/mol. The first kappa shape index (κ1) is 12.7. The van der Waals surface area contributed by atoms with Crippen LogP contribution >= 0.6 is 0 Å². The van der Waals surface area contributed by atoms with Gasteiger partial charge in [0, 0.05) is 6.04 Å². The minimum Gasteiger partial charge on any atom is -0.314 e. The molecule has 2 unspecified atom stereocenters. The molecular weight excluding hydrogens is 230 g/mol. The summed E-state index contributed by atoms with van der Waals surface area (Å²) in [5.74, 6) is 0.856. The first-order valence-corrected chi connectivity index (χ1v) is 7.57. The highest BCUT2D eigenvalue weighted by atomic mass is 14.9. The van der Waals surface area contributed by atoms with Gasteiger partial charge >= 0.3 is 0 Å². The highest BCUT2D eigenvalue weighted by Gasteiger charge is 2.24. The summed E-state index contributed by atoms with van der Waals surface area (Å²) in [6.45, 7) is 3.31. The van der Waals surface area contributed by atoms with Crippen LogP contribution in [0.25, 0.3) is 10.8 Å². The minimum absolute atomic E-state index is 0.755. The van der Waals surface area contributed by atoms with E-state index in [0.717, 1.165) is 18.5 Å². The Kier molecular flexibility index (Phi) is 3.84. The van der Waals surface area contributed by atoms with E-state index in [2.05, 4.69) is 54.7 Å². The molecule has 1 heteroatoms. The van der Waals surface area contributed by atoms with Crippen LogP contribution < -0.4 is 5.32 Å². The van der Waals surface area contributed by atoms with Gasteiger partial charge in [-0.2, -0.15) is 0 Å². The average molecular weight is 253 g/mol. The molecule has 2 aromatic rings. The maximum absolute atomic E-state index is 3.60. The zero-order valence-electron chi connectivity index (χ0n) is 11.7. The molecule has 0 saturated heterocycles. The highest BCUT2D eigenvalue weighted by molar-refractivity contribution is 5.85. The molecule has 0 aliphatic heterocycles. The topological polar surface area (TPSA) is 12.0 Å². The van der Waals surface area contributed by atoms with Gasteiger partial charge in [0.05, 0.1) is 0 Å². The average Bonchev–Trinajstić information content (AvgIpc) is 2.87. The zero-order chi connectivity index (χ0) is 13.1. The molecule has 1 aliphatic rings. The van der Waals surface area contributed by atoms with Gasteiger partial charge in [-0.05, 0) is 54.5 Å². The molecule has 0 radical (unpaired) electrons. The molecule has 1 aliphatic carbocycles. The molecular formula is C18H23N. The van der Waals surface area contributed by atoms with E-state index in [9.17, 15) is 0 Å². The van der Waals surface area contributed by atoms with Gasteiger partial charge in [-0.3, -0.25) is 0 Å². The third-order valence-corrected chi connectivity index (χ3v) is 4.42. The molecule has 0 aromatic heterocycles. The van der Waals surface area contributed by atoms with Crippen molar-refractivity contribution in [3.63, 3.8) is 0 Å². The van der Waals surface area contributed by atoms with Crippen LogP contribution in [0.1, 0.15) is 31.7 Å². The van der Waals surface area contributed by atoms with E-state index in [0.29, 0.717) is 0 Å². The Morgan fingerprint density at radius 3 is 2.79 bits per heavy atom. The fourth-order valence-corrected chi connectivity index (χ4v) is 3.52. The second-order valence-electron chi connectivity index (χ2n) is 5.78. The zero-order valence-corrected chi connectivity index (χ0v) is 11.7. The van der Waals surface area contributed by atoms with Crippen molar-refractivity contribution in [2.24, 2.45) is 5.92 Å². The molecule has 19 heavy (non-hydrogen) atoms. The monoisotopic (exact) mass is 253 g/mol. The molecule has 2 aromatic carbocycles. The minimum atomic E-state index is 0.755. The van der Waals surface area contributed by atoms with Gasteiger partial charge in [0.15, 0.2) is 0 Å². The molecule has 1 fully saturated rings. The molecule has 0 heterocycles. The Morgan fingerprint density at radius 2 is 1.89 bits per heavy atom. The Hall–Kier alpha value is -1.34. The third kappa shape index (κ3) is 2.82. The van der Waals surface area contributed by atoms with Crippen molar-refractivity contribution in [2.75, 3.05) is 6.54 Å². The van der Waals surface area contributed by atoms with Gasteiger partial charge in [-0.15, -0.1) is 0 Å². The van der Waals surface area contributed by atoms with Gasteiger partial charge in [0.2, 0.25) is 0 Å². The van der Waals surface area contributed by atoms with Crippen molar-refractivity contribution < 1.29 is 0 Å². The molecule has 0 bridgehead atoms. The van der Waals surface area contributed by atoms with E-state index in [1.807, 2.05) is 0 Å². The SMILES string of the molecule is CCNC1CCC(Cc2cccc3ccccc23)C1. The van der Waals surface area contributed by atoms with Crippen LogP contribution in [-0.4, -0.2) is 12.6 Å². The Labute approximate surface area is 116 Å². The smallest absolute Gasteiger partial charge is 0.00698 e. The van der Waals surface area contributed by atoms with E-state index in [1.54, 1.807) is 0 Å². The van der Waals surface area contributed by atoms with Crippen molar-refractivity contribution in [3.8, 4) is 0 Å². The number of hydrogen-bond acceptors (Lipinski definition) is 1. The highest BCUT2D eigenvalue weighted by Crippen LogP contribution is 2.30. The lowest BCUT2D eigenvalue weighted by Gasteiger charge is -2.13. The van der Waals surface area contributed by atoms with E-state index in [1.165, 1.54) is 42.0 Å². The van der Waals surface area contributed by atoms with Gasteiger partial charge in [0.1, 0.15) is 0 Å². The number of fused-ring (bicyclic) bond motifs is 1. The summed E-state index contributed by atoms with van der Waals surface area (Å²) >= 11 is 0. The summed E-state index contributed by atoms with van der Waals surface area (Å²) in [5.41, 5.74) is 1.53. The first-order valence-electron chi connectivity index (χ1n) is 7.57. The van der Waals surface area contributed by atoms with Crippen LogP contribution in [0, 0.1) is 5.92 Å². The Morgan fingerprint density at radius 1 is 1.05 bits per heavy atom. The lowest BCUT2D eigenvalue weighted by molar-refractivity contribution is 0.494. The normalized spacial score (nSPS) is 23.0. The van der Waals surface area contributed by atoms with Crippen molar-refractivity contribution in [1.29, 1.82) is 0 Å². The number of benzene rings is 2. The maximum atomic E-state index is 3.60. The molecule has 2 atom stereocenters. The lowest BCUT2D eigenvalue weighted by Crippen LogP contribution is -2.25. The lowest BCUT2D eigenvalue weighted by atomic mass is 9.94. The van der Waals surface area contributed by atoms with E-state index in [-0.39, 0.29) is 0 Å². The summed E-state index contributed by atoms with van der Waals surface area (Å²) < 4.78 is 0. The van der Waals surface area contributed by atoms with Crippen LogP contribution in [0.15, 0.2) is 42.5 Å². The van der Waals surface area contributed by atoms with Crippen molar-refractivity contribution >= 4 is 10.8 Å². The fourth-order valence-electron chi connectivity index (χ4n) is 3.52. The number of hydrogen-bond donors (Lipinski definition) is 1. The summed E-state index contributed by atoms with van der Waals surface area (Å²) in [7, 11) is 0. The quantitative estimate of drug-likeness (QED) is 0.862. The third-order valence-electron chi connectivity index (χ3n) is 4.42. The van der Waals surface area contributed by atoms with Crippen molar-refractivity contribution in [3.05, 3.63) is 48.0 Å². The molecule has 1 nitrogen and oxygen atoms in total.